The third kappa shape index (κ3) is 4.11. The maximum absolute atomic E-state index is 5.39. The average Bonchev–Trinajstić information content (AvgIpc) is 2.48. The summed E-state index contributed by atoms with van der Waals surface area (Å²) in [7, 11) is 1.79. The fourth-order valence-corrected chi connectivity index (χ4v) is 3.15. The molecule has 1 fully saturated rings. The molecule has 0 N–H and O–H groups in total. The van der Waals surface area contributed by atoms with E-state index >= 15 is 0 Å². The van der Waals surface area contributed by atoms with Crippen LogP contribution in [0, 0.1) is 18.3 Å². The Morgan fingerprint density at radius 1 is 1.16 bits per heavy atom. The van der Waals surface area contributed by atoms with Crippen LogP contribution in [-0.4, -0.2) is 13.7 Å². The fraction of sp³-hybridized carbons (Fsp3) is 0.556. The fourth-order valence-electron chi connectivity index (χ4n) is 3.15. The van der Waals surface area contributed by atoms with Crippen LogP contribution in [0.1, 0.15) is 55.6 Å². The quantitative estimate of drug-likeness (QED) is 0.561. The van der Waals surface area contributed by atoms with Gasteiger partial charge in [-0.2, -0.15) is 0 Å². The number of methoxy groups -OCH3 is 1. The van der Waals surface area contributed by atoms with Crippen LogP contribution in [0.3, 0.4) is 0 Å². The number of hydrogen-bond donors (Lipinski definition) is 0. The van der Waals surface area contributed by atoms with Crippen LogP contribution in [0.4, 0.5) is 0 Å². The van der Waals surface area contributed by atoms with Gasteiger partial charge in [0.15, 0.2) is 0 Å². The molecule has 0 amide bonds. The van der Waals surface area contributed by atoms with E-state index in [1.165, 1.54) is 44.1 Å². The van der Waals surface area contributed by atoms with Gasteiger partial charge in [-0.25, -0.2) is 0 Å². The molecule has 2 rings (SSSR count). The molecule has 1 heteroatoms. The molecule has 0 radical (unpaired) electrons. The number of ether oxygens (including phenoxy) is 1. The number of rotatable bonds is 5. The highest BCUT2D eigenvalue weighted by Gasteiger charge is 2.21. The van der Waals surface area contributed by atoms with E-state index in [9.17, 15) is 0 Å². The first-order valence-corrected chi connectivity index (χ1v) is 7.39. The van der Waals surface area contributed by atoms with Crippen LogP contribution in [0.15, 0.2) is 24.3 Å². The first kappa shape index (κ1) is 14.2. The van der Waals surface area contributed by atoms with E-state index in [1.807, 2.05) is 0 Å². The van der Waals surface area contributed by atoms with Crippen molar-refractivity contribution in [2.75, 3.05) is 13.7 Å². The van der Waals surface area contributed by atoms with Crippen LogP contribution < -0.4 is 0 Å². The van der Waals surface area contributed by atoms with Gasteiger partial charge in [0, 0.05) is 19.3 Å². The zero-order valence-corrected chi connectivity index (χ0v) is 11.9. The molecule has 1 aliphatic carbocycles. The predicted octanol–water partition coefficient (Wildman–Crippen LogP) is 4.37. The molecule has 19 heavy (non-hydrogen) atoms. The maximum Gasteiger partial charge on any atom is 0.0462 e. The molecule has 102 valence electrons. The van der Waals surface area contributed by atoms with Crippen molar-refractivity contribution >= 4 is 0 Å². The monoisotopic (exact) mass is 256 g/mol. The summed E-state index contributed by atoms with van der Waals surface area (Å²) in [6, 6.07) is 8.57. The van der Waals surface area contributed by atoms with E-state index in [2.05, 4.69) is 30.2 Å². The number of terminal acetylenes is 1. The zero-order chi connectivity index (χ0) is 13.5. The Bertz CT molecular complexity index is 404. The predicted molar refractivity (Wildman–Crippen MR) is 80.2 cm³/mol. The summed E-state index contributed by atoms with van der Waals surface area (Å²) in [4.78, 5) is 0. The van der Waals surface area contributed by atoms with E-state index in [0.29, 0.717) is 0 Å². The molecule has 1 aromatic rings. The molecule has 0 bridgehead atoms. The molecule has 0 unspecified atom stereocenters. The van der Waals surface area contributed by atoms with Gasteiger partial charge in [-0.1, -0.05) is 18.1 Å². The van der Waals surface area contributed by atoms with Gasteiger partial charge in [0.05, 0.1) is 0 Å². The lowest BCUT2D eigenvalue weighted by atomic mass is 9.77. The third-order valence-electron chi connectivity index (χ3n) is 4.36. The Balaban J connectivity index is 1.80. The van der Waals surface area contributed by atoms with Gasteiger partial charge < -0.3 is 4.74 Å². The van der Waals surface area contributed by atoms with E-state index in [4.69, 9.17) is 11.2 Å². The first-order chi connectivity index (χ1) is 9.33. The van der Waals surface area contributed by atoms with Crippen molar-refractivity contribution in [1.29, 1.82) is 0 Å². The van der Waals surface area contributed by atoms with Gasteiger partial charge in [0.25, 0.3) is 0 Å². The lowest BCUT2D eigenvalue weighted by molar-refractivity contribution is 0.180. The summed E-state index contributed by atoms with van der Waals surface area (Å²) in [6.07, 6.45) is 13.3. The summed E-state index contributed by atoms with van der Waals surface area (Å²) in [5.74, 6) is 4.34. The van der Waals surface area contributed by atoms with Crippen LogP contribution in [0.25, 0.3) is 0 Å². The maximum atomic E-state index is 5.39. The summed E-state index contributed by atoms with van der Waals surface area (Å²) in [5, 5.41) is 0. The molecule has 0 spiro atoms. The molecule has 0 aliphatic heterocycles. The van der Waals surface area contributed by atoms with Crippen molar-refractivity contribution in [2.45, 2.75) is 44.4 Å². The van der Waals surface area contributed by atoms with E-state index in [0.717, 1.165) is 24.0 Å². The van der Waals surface area contributed by atoms with Gasteiger partial charge in [-0.3, -0.25) is 0 Å². The summed E-state index contributed by atoms with van der Waals surface area (Å²) >= 11 is 0. The molecular weight excluding hydrogens is 232 g/mol. The number of hydrogen-bond acceptors (Lipinski definition) is 1. The van der Waals surface area contributed by atoms with Crippen LogP contribution in [-0.2, 0) is 4.74 Å². The zero-order valence-electron chi connectivity index (χ0n) is 11.9. The normalized spacial score (nSPS) is 22.9. The lowest BCUT2D eigenvalue weighted by Crippen LogP contribution is -2.13. The standard InChI is InChI=1S/C18H24O/c1-3-15-6-10-17(11-7-15)18-12-8-16(9-13-18)5-4-14-19-2/h1,6-7,10-11,16,18H,4-5,8-9,12-14H2,2H3. The van der Waals surface area contributed by atoms with Crippen molar-refractivity contribution in [3.63, 3.8) is 0 Å². The molecule has 0 atom stereocenters. The van der Waals surface area contributed by atoms with E-state index in [1.54, 1.807) is 7.11 Å². The van der Waals surface area contributed by atoms with Crippen LogP contribution in [0.5, 0.6) is 0 Å². The molecule has 1 aromatic carbocycles. The van der Waals surface area contributed by atoms with Gasteiger partial charge in [-0.05, 0) is 68.1 Å². The van der Waals surface area contributed by atoms with E-state index < -0.39 is 0 Å². The van der Waals surface area contributed by atoms with Crippen LogP contribution >= 0.6 is 0 Å². The topological polar surface area (TPSA) is 9.23 Å². The molecule has 1 saturated carbocycles. The van der Waals surface area contributed by atoms with Crippen molar-refractivity contribution in [3.8, 4) is 12.3 Å². The second-order valence-electron chi connectivity index (χ2n) is 5.62. The summed E-state index contributed by atoms with van der Waals surface area (Å²) in [5.41, 5.74) is 2.45. The number of benzene rings is 1. The van der Waals surface area contributed by atoms with Crippen LogP contribution in [0.2, 0.25) is 0 Å². The highest BCUT2D eigenvalue weighted by molar-refractivity contribution is 5.35. The summed E-state index contributed by atoms with van der Waals surface area (Å²) in [6.45, 7) is 0.910. The molecule has 0 aromatic heterocycles. The molecule has 0 heterocycles. The average molecular weight is 256 g/mol. The third-order valence-corrected chi connectivity index (χ3v) is 4.36. The minimum atomic E-state index is 0.741. The Labute approximate surface area is 117 Å². The Morgan fingerprint density at radius 2 is 1.84 bits per heavy atom. The largest absolute Gasteiger partial charge is 0.385 e. The molecule has 1 nitrogen and oxygen atoms in total. The lowest BCUT2D eigenvalue weighted by Gasteiger charge is -2.28. The van der Waals surface area contributed by atoms with Crippen molar-refractivity contribution in [1.82, 2.24) is 0 Å². The molecule has 1 aliphatic rings. The Morgan fingerprint density at radius 3 is 2.42 bits per heavy atom. The van der Waals surface area contributed by atoms with Gasteiger partial charge in [0.2, 0.25) is 0 Å². The Kier molecular flexibility index (Phi) is 5.48. The first-order valence-electron chi connectivity index (χ1n) is 7.39. The van der Waals surface area contributed by atoms with E-state index in [-0.39, 0.29) is 0 Å². The molecular formula is C18H24O. The van der Waals surface area contributed by atoms with Gasteiger partial charge in [-0.15, -0.1) is 6.42 Å². The van der Waals surface area contributed by atoms with Crippen molar-refractivity contribution < 1.29 is 4.74 Å². The minimum absolute atomic E-state index is 0.741. The second-order valence-corrected chi connectivity index (χ2v) is 5.62. The van der Waals surface area contributed by atoms with Crippen molar-refractivity contribution in [3.05, 3.63) is 35.4 Å². The summed E-state index contributed by atoms with van der Waals surface area (Å²) < 4.78 is 5.13. The minimum Gasteiger partial charge on any atom is -0.385 e. The Hall–Kier alpha value is -1.26. The van der Waals surface area contributed by atoms with Crippen molar-refractivity contribution in [2.24, 2.45) is 5.92 Å². The van der Waals surface area contributed by atoms with Gasteiger partial charge >= 0.3 is 0 Å². The highest BCUT2D eigenvalue weighted by atomic mass is 16.5. The smallest absolute Gasteiger partial charge is 0.0462 e. The second kappa shape index (κ2) is 7.36. The molecule has 0 saturated heterocycles. The SMILES string of the molecule is C#Cc1ccc(C2CCC(CCCOC)CC2)cc1. The highest BCUT2D eigenvalue weighted by Crippen LogP contribution is 2.37. The van der Waals surface area contributed by atoms with Gasteiger partial charge in [0.1, 0.15) is 0 Å².